The smallest absolute Gasteiger partial charge is 0.287 e. The first-order valence-corrected chi connectivity index (χ1v) is 7.78. The molecule has 1 amide bonds. The normalized spacial score (nSPS) is 10.4. The van der Waals surface area contributed by atoms with Crippen LogP contribution in [-0.2, 0) is 6.54 Å². The molecule has 1 heterocycles. The van der Waals surface area contributed by atoms with Crippen LogP contribution in [0.1, 0.15) is 16.1 Å². The molecular weight excluding hydrogens is 344 g/mol. The highest BCUT2D eigenvalue weighted by molar-refractivity contribution is 6.31. The van der Waals surface area contributed by atoms with Gasteiger partial charge in [0, 0.05) is 29.3 Å². The lowest BCUT2D eigenvalue weighted by molar-refractivity contribution is -0.384. The van der Waals surface area contributed by atoms with Gasteiger partial charge in [-0.2, -0.15) is 0 Å². The summed E-state index contributed by atoms with van der Waals surface area (Å²) in [6.07, 6.45) is 0. The lowest BCUT2D eigenvalue weighted by Gasteiger charge is -2.05. The van der Waals surface area contributed by atoms with E-state index in [1.807, 2.05) is 18.2 Å². The zero-order chi connectivity index (χ0) is 17.8. The molecule has 126 valence electrons. The Kier molecular flexibility index (Phi) is 4.81. The van der Waals surface area contributed by atoms with Gasteiger partial charge in [-0.25, -0.2) is 0 Å². The Morgan fingerprint density at radius 1 is 1.08 bits per heavy atom. The van der Waals surface area contributed by atoms with Crippen molar-refractivity contribution in [3.8, 4) is 11.3 Å². The molecule has 0 aliphatic carbocycles. The van der Waals surface area contributed by atoms with Crippen molar-refractivity contribution in [2.45, 2.75) is 6.54 Å². The summed E-state index contributed by atoms with van der Waals surface area (Å²) in [5, 5.41) is 14.0. The molecule has 0 spiro atoms. The molecular formula is C18H13ClN2O4. The molecule has 0 saturated heterocycles. The van der Waals surface area contributed by atoms with Gasteiger partial charge in [-0.15, -0.1) is 0 Å². The van der Waals surface area contributed by atoms with E-state index in [-0.39, 0.29) is 23.9 Å². The summed E-state index contributed by atoms with van der Waals surface area (Å²) in [5.41, 5.74) is 1.45. The van der Waals surface area contributed by atoms with Crippen LogP contribution in [0.3, 0.4) is 0 Å². The van der Waals surface area contributed by atoms with Gasteiger partial charge < -0.3 is 9.73 Å². The molecule has 0 fully saturated rings. The second-order valence-corrected chi connectivity index (χ2v) is 5.65. The van der Waals surface area contributed by atoms with Crippen LogP contribution in [0.15, 0.2) is 65.1 Å². The van der Waals surface area contributed by atoms with Gasteiger partial charge in [0.25, 0.3) is 11.6 Å². The first kappa shape index (κ1) is 16.7. The fourth-order valence-electron chi connectivity index (χ4n) is 2.27. The monoisotopic (exact) mass is 356 g/mol. The second kappa shape index (κ2) is 7.19. The van der Waals surface area contributed by atoms with E-state index >= 15 is 0 Å². The molecule has 1 aromatic heterocycles. The van der Waals surface area contributed by atoms with Gasteiger partial charge in [0.2, 0.25) is 0 Å². The minimum absolute atomic E-state index is 0.00647. The third-order valence-corrected chi connectivity index (χ3v) is 3.96. The number of carbonyl (C=O) groups excluding carboxylic acids is 1. The minimum atomic E-state index is -0.473. The number of hydrogen-bond donors (Lipinski definition) is 1. The van der Waals surface area contributed by atoms with Crippen LogP contribution in [0.4, 0.5) is 5.69 Å². The maximum atomic E-state index is 12.2. The summed E-state index contributed by atoms with van der Waals surface area (Å²) in [4.78, 5) is 22.4. The zero-order valence-electron chi connectivity index (χ0n) is 12.9. The third-order valence-electron chi connectivity index (χ3n) is 3.59. The number of amides is 1. The average Bonchev–Trinajstić information content (AvgIpc) is 3.11. The number of nitrogens with zero attached hydrogens (tertiary/aromatic N) is 1. The molecule has 0 unspecified atom stereocenters. The number of furan rings is 1. The van der Waals surface area contributed by atoms with E-state index in [4.69, 9.17) is 16.0 Å². The summed E-state index contributed by atoms with van der Waals surface area (Å²) in [7, 11) is 0. The van der Waals surface area contributed by atoms with Gasteiger partial charge in [0.05, 0.1) is 4.92 Å². The number of non-ortho nitro benzene ring substituents is 1. The highest BCUT2D eigenvalue weighted by Crippen LogP contribution is 2.24. The van der Waals surface area contributed by atoms with E-state index in [1.165, 1.54) is 12.1 Å². The number of hydrogen-bond acceptors (Lipinski definition) is 4. The number of halogens is 1. The topological polar surface area (TPSA) is 85.4 Å². The fraction of sp³-hybridized carbons (Fsp3) is 0.0556. The number of benzene rings is 2. The molecule has 0 atom stereocenters. The highest BCUT2D eigenvalue weighted by atomic mass is 35.5. The van der Waals surface area contributed by atoms with E-state index in [0.29, 0.717) is 16.3 Å². The van der Waals surface area contributed by atoms with Crippen molar-refractivity contribution in [3.05, 3.63) is 87.1 Å². The summed E-state index contributed by atoms with van der Waals surface area (Å²) < 4.78 is 5.54. The minimum Gasteiger partial charge on any atom is -0.451 e. The number of rotatable bonds is 5. The van der Waals surface area contributed by atoms with Crippen LogP contribution >= 0.6 is 11.6 Å². The van der Waals surface area contributed by atoms with Crippen molar-refractivity contribution >= 4 is 23.2 Å². The van der Waals surface area contributed by atoms with Crippen molar-refractivity contribution in [1.29, 1.82) is 0 Å². The van der Waals surface area contributed by atoms with E-state index in [2.05, 4.69) is 5.32 Å². The molecule has 2 aromatic carbocycles. The molecule has 6 nitrogen and oxygen atoms in total. The lowest BCUT2D eigenvalue weighted by atomic mass is 10.1. The number of nitro groups is 1. The van der Waals surface area contributed by atoms with Crippen molar-refractivity contribution in [1.82, 2.24) is 5.32 Å². The third kappa shape index (κ3) is 3.87. The van der Waals surface area contributed by atoms with Gasteiger partial charge in [-0.3, -0.25) is 14.9 Å². The van der Waals surface area contributed by atoms with Gasteiger partial charge in [-0.05, 0) is 35.9 Å². The van der Waals surface area contributed by atoms with E-state index < -0.39 is 4.92 Å². The maximum absolute atomic E-state index is 12.2. The highest BCUT2D eigenvalue weighted by Gasteiger charge is 2.13. The molecule has 0 saturated carbocycles. The molecule has 7 heteroatoms. The molecule has 0 aliphatic rings. The van der Waals surface area contributed by atoms with Crippen LogP contribution < -0.4 is 5.32 Å². The van der Waals surface area contributed by atoms with E-state index in [1.54, 1.807) is 30.3 Å². The van der Waals surface area contributed by atoms with Gasteiger partial charge in [-0.1, -0.05) is 29.8 Å². The number of carbonyl (C=O) groups is 1. The quantitative estimate of drug-likeness (QED) is 0.541. The Labute approximate surface area is 148 Å². The Morgan fingerprint density at radius 2 is 1.80 bits per heavy atom. The fourth-order valence-corrected chi connectivity index (χ4v) is 2.47. The molecule has 0 radical (unpaired) electrons. The van der Waals surface area contributed by atoms with Crippen LogP contribution in [0.25, 0.3) is 11.3 Å². The van der Waals surface area contributed by atoms with Crippen molar-refractivity contribution in [2.75, 3.05) is 0 Å². The standard InChI is InChI=1S/C18H13ClN2O4/c19-15-4-2-1-3-13(15)11-20-18(22)17-10-9-16(25-17)12-5-7-14(8-6-12)21(23)24/h1-10H,11H2,(H,20,22). The average molecular weight is 357 g/mol. The predicted octanol–water partition coefficient (Wildman–Crippen LogP) is 4.44. The largest absolute Gasteiger partial charge is 0.451 e. The molecule has 25 heavy (non-hydrogen) atoms. The summed E-state index contributed by atoms with van der Waals surface area (Å²) in [6, 6.07) is 16.3. The van der Waals surface area contributed by atoms with Crippen LogP contribution in [0, 0.1) is 10.1 Å². The van der Waals surface area contributed by atoms with Gasteiger partial charge in [0.1, 0.15) is 5.76 Å². The number of nitro benzene ring substituents is 1. The first-order chi connectivity index (χ1) is 12.0. The zero-order valence-corrected chi connectivity index (χ0v) is 13.7. The lowest BCUT2D eigenvalue weighted by Crippen LogP contribution is -2.22. The van der Waals surface area contributed by atoms with Crippen LogP contribution in [-0.4, -0.2) is 10.8 Å². The molecule has 0 aliphatic heterocycles. The Bertz CT molecular complexity index is 919. The van der Waals surface area contributed by atoms with E-state index in [0.717, 1.165) is 5.56 Å². The molecule has 3 rings (SSSR count). The SMILES string of the molecule is O=C(NCc1ccccc1Cl)c1ccc(-c2ccc([N+](=O)[O-])cc2)o1. The Morgan fingerprint density at radius 3 is 2.48 bits per heavy atom. The first-order valence-electron chi connectivity index (χ1n) is 7.41. The number of nitrogens with one attached hydrogen (secondary N) is 1. The molecule has 0 bridgehead atoms. The second-order valence-electron chi connectivity index (χ2n) is 5.24. The van der Waals surface area contributed by atoms with Crippen molar-refractivity contribution < 1.29 is 14.1 Å². The van der Waals surface area contributed by atoms with E-state index in [9.17, 15) is 14.9 Å². The van der Waals surface area contributed by atoms with Gasteiger partial charge >= 0.3 is 0 Å². The Balaban J connectivity index is 1.69. The summed E-state index contributed by atoms with van der Waals surface area (Å²) >= 11 is 6.05. The van der Waals surface area contributed by atoms with Crippen LogP contribution in [0.5, 0.6) is 0 Å². The summed E-state index contributed by atoms with van der Waals surface area (Å²) in [6.45, 7) is 0.284. The van der Waals surface area contributed by atoms with Crippen molar-refractivity contribution in [3.63, 3.8) is 0 Å². The molecule has 1 N–H and O–H groups in total. The Hall–Kier alpha value is -3.12. The molecule has 3 aromatic rings. The van der Waals surface area contributed by atoms with Crippen LogP contribution in [0.2, 0.25) is 5.02 Å². The van der Waals surface area contributed by atoms with Gasteiger partial charge in [0.15, 0.2) is 5.76 Å². The maximum Gasteiger partial charge on any atom is 0.287 e. The van der Waals surface area contributed by atoms with Crippen molar-refractivity contribution in [2.24, 2.45) is 0 Å². The summed E-state index contributed by atoms with van der Waals surface area (Å²) in [5.74, 6) is 0.242. The predicted molar refractivity (Wildman–Crippen MR) is 93.4 cm³/mol.